The molecule has 0 saturated carbocycles. The van der Waals surface area contributed by atoms with Gasteiger partial charge < -0.3 is 9.84 Å². The summed E-state index contributed by atoms with van der Waals surface area (Å²) in [4.78, 5) is 25.1. The monoisotopic (exact) mass is 282 g/mol. The lowest BCUT2D eigenvalue weighted by Gasteiger charge is -2.21. The van der Waals surface area contributed by atoms with Crippen LogP contribution in [0.15, 0.2) is 30.3 Å². The van der Waals surface area contributed by atoms with Crippen LogP contribution >= 0.6 is 0 Å². The zero-order valence-corrected chi connectivity index (χ0v) is 11.8. The molecule has 0 aromatic heterocycles. The minimum Gasteiger partial charge on any atom is -0.507 e. The van der Waals surface area contributed by atoms with Crippen molar-refractivity contribution in [1.82, 2.24) is 0 Å². The molecule has 0 fully saturated rings. The molecule has 1 aliphatic rings. The molecule has 0 heterocycles. The standard InChI is InChI=1S/C17H14O4/c1-3-9-13(21-2)8-12-14(16(9)19)17(20)11-7-5-4-6-10(11)15(12)18/h4-8,19H,3H2,1-2H3. The van der Waals surface area contributed by atoms with E-state index in [1.165, 1.54) is 7.11 Å². The fourth-order valence-corrected chi connectivity index (χ4v) is 2.78. The average Bonchev–Trinajstić information content (AvgIpc) is 2.51. The summed E-state index contributed by atoms with van der Waals surface area (Å²) in [5, 5.41) is 10.4. The molecule has 21 heavy (non-hydrogen) atoms. The quantitative estimate of drug-likeness (QED) is 0.785. The molecule has 0 unspecified atom stereocenters. The van der Waals surface area contributed by atoms with E-state index < -0.39 is 0 Å². The number of phenolic OH excluding ortho intramolecular Hbond substituents is 1. The topological polar surface area (TPSA) is 63.6 Å². The van der Waals surface area contributed by atoms with Crippen LogP contribution in [0.1, 0.15) is 44.3 Å². The Kier molecular flexibility index (Phi) is 3.01. The Hall–Kier alpha value is -2.62. The second-order valence-electron chi connectivity index (χ2n) is 4.89. The first-order valence-electron chi connectivity index (χ1n) is 6.71. The third kappa shape index (κ3) is 1.76. The highest BCUT2D eigenvalue weighted by Gasteiger charge is 2.33. The van der Waals surface area contributed by atoms with Gasteiger partial charge in [-0.2, -0.15) is 0 Å². The Morgan fingerprint density at radius 1 is 1.05 bits per heavy atom. The molecule has 1 N–H and O–H groups in total. The number of hydrogen-bond acceptors (Lipinski definition) is 4. The molecular formula is C17H14O4. The molecule has 0 atom stereocenters. The van der Waals surface area contributed by atoms with Crippen molar-refractivity contribution in [3.05, 3.63) is 58.1 Å². The van der Waals surface area contributed by atoms with Crippen LogP contribution in [0.5, 0.6) is 11.5 Å². The lowest BCUT2D eigenvalue weighted by atomic mass is 9.82. The Morgan fingerprint density at radius 2 is 1.67 bits per heavy atom. The van der Waals surface area contributed by atoms with Gasteiger partial charge in [0.25, 0.3) is 0 Å². The zero-order valence-electron chi connectivity index (χ0n) is 11.8. The molecule has 4 nitrogen and oxygen atoms in total. The van der Waals surface area contributed by atoms with Crippen molar-refractivity contribution in [3.8, 4) is 11.5 Å². The summed E-state index contributed by atoms with van der Waals surface area (Å²) in [7, 11) is 1.48. The molecule has 0 radical (unpaired) electrons. The first kappa shape index (κ1) is 13.4. The van der Waals surface area contributed by atoms with E-state index in [9.17, 15) is 14.7 Å². The smallest absolute Gasteiger partial charge is 0.198 e. The third-order valence-electron chi connectivity index (χ3n) is 3.83. The predicted molar refractivity (Wildman–Crippen MR) is 77.3 cm³/mol. The minimum atomic E-state index is -0.324. The minimum absolute atomic E-state index is 0.0800. The largest absolute Gasteiger partial charge is 0.507 e. The number of aromatic hydroxyl groups is 1. The van der Waals surface area contributed by atoms with Gasteiger partial charge in [-0.3, -0.25) is 9.59 Å². The molecule has 1 aliphatic carbocycles. The second kappa shape index (κ2) is 4.74. The molecule has 4 heteroatoms. The fourth-order valence-electron chi connectivity index (χ4n) is 2.78. The van der Waals surface area contributed by atoms with E-state index in [1.807, 2.05) is 6.92 Å². The van der Waals surface area contributed by atoms with E-state index in [0.717, 1.165) is 0 Å². The van der Waals surface area contributed by atoms with E-state index >= 15 is 0 Å². The molecule has 0 amide bonds. The number of ketones is 2. The first-order valence-corrected chi connectivity index (χ1v) is 6.71. The van der Waals surface area contributed by atoms with Crippen molar-refractivity contribution in [2.75, 3.05) is 7.11 Å². The number of rotatable bonds is 2. The lowest BCUT2D eigenvalue weighted by molar-refractivity contribution is 0.0976. The van der Waals surface area contributed by atoms with Gasteiger partial charge in [-0.15, -0.1) is 0 Å². The number of benzene rings is 2. The highest BCUT2D eigenvalue weighted by atomic mass is 16.5. The van der Waals surface area contributed by atoms with E-state index in [1.54, 1.807) is 30.3 Å². The van der Waals surface area contributed by atoms with Gasteiger partial charge in [0.05, 0.1) is 12.7 Å². The maximum absolute atomic E-state index is 12.6. The molecule has 2 aromatic carbocycles. The summed E-state index contributed by atoms with van der Waals surface area (Å²) in [5.41, 5.74) is 1.51. The van der Waals surface area contributed by atoms with Crippen molar-refractivity contribution < 1.29 is 19.4 Å². The number of ether oxygens (including phenoxy) is 1. The van der Waals surface area contributed by atoms with Crippen LogP contribution in [0.2, 0.25) is 0 Å². The number of hydrogen-bond donors (Lipinski definition) is 1. The van der Waals surface area contributed by atoms with Crippen LogP contribution in [0.4, 0.5) is 0 Å². The van der Waals surface area contributed by atoms with Gasteiger partial charge in [0.15, 0.2) is 11.6 Å². The fraction of sp³-hybridized carbons (Fsp3) is 0.176. The van der Waals surface area contributed by atoms with Gasteiger partial charge in [0.2, 0.25) is 0 Å². The molecular weight excluding hydrogens is 268 g/mol. The summed E-state index contributed by atoms with van der Waals surface area (Å²) in [6, 6.07) is 8.19. The maximum Gasteiger partial charge on any atom is 0.198 e. The van der Waals surface area contributed by atoms with Gasteiger partial charge >= 0.3 is 0 Å². The highest BCUT2D eigenvalue weighted by Crippen LogP contribution is 2.39. The Bertz CT molecular complexity index is 775. The summed E-state index contributed by atoms with van der Waals surface area (Å²) in [6.07, 6.45) is 0.505. The number of carbonyl (C=O) groups excluding carboxylic acids is 2. The van der Waals surface area contributed by atoms with E-state index in [2.05, 4.69) is 0 Å². The second-order valence-corrected chi connectivity index (χ2v) is 4.89. The lowest BCUT2D eigenvalue weighted by Crippen LogP contribution is -2.21. The van der Waals surface area contributed by atoms with Crippen molar-refractivity contribution in [2.45, 2.75) is 13.3 Å². The Balaban J connectivity index is 2.35. The number of fused-ring (bicyclic) bond motifs is 2. The van der Waals surface area contributed by atoms with Crippen molar-refractivity contribution >= 4 is 11.6 Å². The van der Waals surface area contributed by atoms with Gasteiger partial charge in [-0.25, -0.2) is 0 Å². The number of carbonyl (C=O) groups is 2. The average molecular weight is 282 g/mol. The number of phenols is 1. The van der Waals surface area contributed by atoms with Crippen LogP contribution < -0.4 is 4.74 Å². The summed E-state index contributed by atoms with van der Waals surface area (Å²) in [5.74, 6) is -0.319. The van der Waals surface area contributed by atoms with Crippen LogP contribution in [0.3, 0.4) is 0 Å². The highest BCUT2D eigenvalue weighted by molar-refractivity contribution is 6.29. The molecule has 2 aromatic rings. The normalized spacial score (nSPS) is 12.9. The molecule has 0 aliphatic heterocycles. The van der Waals surface area contributed by atoms with Gasteiger partial charge in [0, 0.05) is 22.3 Å². The molecule has 0 bridgehead atoms. The number of methoxy groups -OCH3 is 1. The van der Waals surface area contributed by atoms with Crippen LogP contribution in [0, 0.1) is 0 Å². The van der Waals surface area contributed by atoms with Crippen molar-refractivity contribution in [3.63, 3.8) is 0 Å². The van der Waals surface area contributed by atoms with Gasteiger partial charge in [0.1, 0.15) is 11.5 Å². The van der Waals surface area contributed by atoms with E-state index in [4.69, 9.17) is 4.74 Å². The maximum atomic E-state index is 12.6. The Morgan fingerprint density at radius 3 is 2.24 bits per heavy atom. The van der Waals surface area contributed by atoms with Gasteiger partial charge in [-0.1, -0.05) is 31.2 Å². The molecule has 0 spiro atoms. The molecule has 0 saturated heterocycles. The van der Waals surface area contributed by atoms with Gasteiger partial charge in [-0.05, 0) is 12.5 Å². The summed E-state index contributed by atoms with van der Waals surface area (Å²) < 4.78 is 5.23. The Labute approximate surface area is 122 Å². The summed E-state index contributed by atoms with van der Waals surface area (Å²) in [6.45, 7) is 1.85. The van der Waals surface area contributed by atoms with Crippen LogP contribution in [-0.4, -0.2) is 23.8 Å². The van der Waals surface area contributed by atoms with Crippen LogP contribution in [-0.2, 0) is 6.42 Å². The van der Waals surface area contributed by atoms with Crippen molar-refractivity contribution in [1.29, 1.82) is 0 Å². The third-order valence-corrected chi connectivity index (χ3v) is 3.83. The van der Waals surface area contributed by atoms with E-state index in [0.29, 0.717) is 28.9 Å². The molecule has 3 rings (SSSR count). The first-order chi connectivity index (χ1) is 10.1. The SMILES string of the molecule is CCc1c(OC)cc2c(c1O)C(=O)c1ccccc1C2=O. The molecule has 106 valence electrons. The zero-order chi connectivity index (χ0) is 15.1. The van der Waals surface area contributed by atoms with Crippen LogP contribution in [0.25, 0.3) is 0 Å². The summed E-state index contributed by atoms with van der Waals surface area (Å²) >= 11 is 0. The predicted octanol–water partition coefficient (Wildman–Crippen LogP) is 2.74. The van der Waals surface area contributed by atoms with Crippen molar-refractivity contribution in [2.24, 2.45) is 0 Å². The van der Waals surface area contributed by atoms with E-state index in [-0.39, 0.29) is 28.4 Å².